The molecule has 0 amide bonds. The third-order valence-electron chi connectivity index (χ3n) is 3.04. The van der Waals surface area contributed by atoms with Crippen molar-refractivity contribution in [2.45, 2.75) is 20.0 Å². The molecule has 0 saturated heterocycles. The SMILES string of the molecule is CCn1ccnc1CNc1nnc(-c2cccc(Cl)c2)o1. The summed E-state index contributed by atoms with van der Waals surface area (Å²) in [7, 11) is 0. The van der Waals surface area contributed by atoms with Crippen LogP contribution >= 0.6 is 11.6 Å². The molecule has 0 atom stereocenters. The lowest BCUT2D eigenvalue weighted by Gasteiger charge is -2.04. The number of nitrogens with one attached hydrogen (secondary N) is 1. The zero-order valence-electron chi connectivity index (χ0n) is 11.5. The molecule has 0 aliphatic carbocycles. The van der Waals surface area contributed by atoms with Gasteiger partial charge in [0.1, 0.15) is 5.82 Å². The summed E-state index contributed by atoms with van der Waals surface area (Å²) in [5.74, 6) is 1.35. The van der Waals surface area contributed by atoms with Crippen LogP contribution in [0.4, 0.5) is 6.01 Å². The van der Waals surface area contributed by atoms with Gasteiger partial charge in [0.05, 0.1) is 6.54 Å². The van der Waals surface area contributed by atoms with Crippen LogP contribution in [-0.4, -0.2) is 19.7 Å². The summed E-state index contributed by atoms with van der Waals surface area (Å²) in [6.45, 7) is 3.46. The van der Waals surface area contributed by atoms with E-state index in [1.54, 1.807) is 18.3 Å². The van der Waals surface area contributed by atoms with E-state index in [0.717, 1.165) is 17.9 Å². The molecule has 3 rings (SSSR count). The lowest BCUT2D eigenvalue weighted by atomic mass is 10.2. The van der Waals surface area contributed by atoms with Crippen molar-refractivity contribution in [1.29, 1.82) is 0 Å². The first-order valence-corrected chi connectivity index (χ1v) is 6.97. The van der Waals surface area contributed by atoms with Gasteiger partial charge >= 0.3 is 6.01 Å². The second-order valence-electron chi connectivity index (χ2n) is 4.41. The molecule has 0 fully saturated rings. The van der Waals surface area contributed by atoms with E-state index in [0.29, 0.717) is 23.5 Å². The number of anilines is 1. The van der Waals surface area contributed by atoms with Gasteiger partial charge in [-0.25, -0.2) is 4.98 Å². The average molecular weight is 304 g/mol. The largest absolute Gasteiger partial charge is 0.403 e. The van der Waals surface area contributed by atoms with Gasteiger partial charge in [0.2, 0.25) is 5.89 Å². The average Bonchev–Trinajstić information content (AvgIpc) is 3.14. The number of hydrogen-bond acceptors (Lipinski definition) is 5. The van der Waals surface area contributed by atoms with Gasteiger partial charge in [0.15, 0.2) is 0 Å². The second-order valence-corrected chi connectivity index (χ2v) is 4.84. The number of benzene rings is 1. The molecule has 0 bridgehead atoms. The van der Waals surface area contributed by atoms with Crippen molar-refractivity contribution in [2.24, 2.45) is 0 Å². The highest BCUT2D eigenvalue weighted by atomic mass is 35.5. The number of halogens is 1. The van der Waals surface area contributed by atoms with Crippen LogP contribution in [0.1, 0.15) is 12.7 Å². The second kappa shape index (κ2) is 5.97. The van der Waals surface area contributed by atoms with Crippen molar-refractivity contribution in [3.8, 4) is 11.5 Å². The van der Waals surface area contributed by atoms with Gasteiger partial charge in [-0.2, -0.15) is 0 Å². The van der Waals surface area contributed by atoms with E-state index in [9.17, 15) is 0 Å². The summed E-state index contributed by atoms with van der Waals surface area (Å²) in [6, 6.07) is 7.64. The summed E-state index contributed by atoms with van der Waals surface area (Å²) in [4.78, 5) is 4.27. The topological polar surface area (TPSA) is 68.8 Å². The van der Waals surface area contributed by atoms with Gasteiger partial charge in [0, 0.05) is 29.5 Å². The standard InChI is InChI=1S/C14H14ClN5O/c1-2-20-7-6-16-12(20)9-17-14-19-18-13(21-14)10-4-3-5-11(15)8-10/h3-8H,2,9H2,1H3,(H,17,19). The highest BCUT2D eigenvalue weighted by Gasteiger charge is 2.09. The Kier molecular flexibility index (Phi) is 3.87. The minimum atomic E-state index is 0.357. The van der Waals surface area contributed by atoms with Gasteiger partial charge < -0.3 is 14.3 Å². The van der Waals surface area contributed by atoms with Gasteiger partial charge in [0.25, 0.3) is 0 Å². The van der Waals surface area contributed by atoms with Gasteiger partial charge in [-0.15, -0.1) is 5.10 Å². The predicted octanol–water partition coefficient (Wildman–Crippen LogP) is 3.22. The summed E-state index contributed by atoms with van der Waals surface area (Å²) in [5, 5.41) is 11.7. The zero-order chi connectivity index (χ0) is 14.7. The minimum absolute atomic E-state index is 0.357. The Morgan fingerprint density at radius 2 is 2.24 bits per heavy atom. The molecule has 0 saturated carbocycles. The van der Waals surface area contributed by atoms with Crippen LogP contribution in [0.25, 0.3) is 11.5 Å². The maximum Gasteiger partial charge on any atom is 0.316 e. The molecular formula is C14H14ClN5O. The Balaban J connectivity index is 1.71. The van der Waals surface area contributed by atoms with Crippen molar-refractivity contribution in [3.63, 3.8) is 0 Å². The molecular weight excluding hydrogens is 290 g/mol. The third-order valence-corrected chi connectivity index (χ3v) is 3.27. The molecule has 0 unspecified atom stereocenters. The molecule has 0 aliphatic rings. The quantitative estimate of drug-likeness (QED) is 0.783. The van der Waals surface area contributed by atoms with E-state index in [1.165, 1.54) is 0 Å². The minimum Gasteiger partial charge on any atom is -0.403 e. The smallest absolute Gasteiger partial charge is 0.316 e. The lowest BCUT2D eigenvalue weighted by molar-refractivity contribution is 0.577. The number of hydrogen-bond donors (Lipinski definition) is 1. The number of imidazole rings is 1. The van der Waals surface area contributed by atoms with Crippen LogP contribution in [0.5, 0.6) is 0 Å². The molecule has 2 heterocycles. The summed E-state index contributed by atoms with van der Waals surface area (Å²) < 4.78 is 7.61. The normalized spacial score (nSPS) is 10.8. The van der Waals surface area contributed by atoms with Crippen LogP contribution in [0.15, 0.2) is 41.1 Å². The molecule has 6 nitrogen and oxygen atoms in total. The lowest BCUT2D eigenvalue weighted by Crippen LogP contribution is -2.07. The van der Waals surface area contributed by atoms with Gasteiger partial charge in [-0.3, -0.25) is 0 Å². The van der Waals surface area contributed by atoms with Crippen LogP contribution < -0.4 is 5.32 Å². The van der Waals surface area contributed by atoms with Crippen molar-refractivity contribution < 1.29 is 4.42 Å². The van der Waals surface area contributed by atoms with Crippen LogP contribution in [-0.2, 0) is 13.1 Å². The Hall–Kier alpha value is -2.34. The van der Waals surface area contributed by atoms with Gasteiger partial charge in [-0.1, -0.05) is 22.8 Å². The van der Waals surface area contributed by atoms with Crippen LogP contribution in [0.3, 0.4) is 0 Å². The van der Waals surface area contributed by atoms with E-state index < -0.39 is 0 Å². The first kappa shape index (κ1) is 13.6. The van der Waals surface area contributed by atoms with Crippen molar-refractivity contribution in [2.75, 3.05) is 5.32 Å². The van der Waals surface area contributed by atoms with Gasteiger partial charge in [-0.05, 0) is 25.1 Å². The summed E-state index contributed by atoms with van der Waals surface area (Å²) >= 11 is 5.95. The molecule has 1 N–H and O–H groups in total. The Morgan fingerprint density at radius 3 is 3.05 bits per heavy atom. The first-order valence-electron chi connectivity index (χ1n) is 6.59. The highest BCUT2D eigenvalue weighted by molar-refractivity contribution is 6.30. The highest BCUT2D eigenvalue weighted by Crippen LogP contribution is 2.22. The monoisotopic (exact) mass is 303 g/mol. The fraction of sp³-hybridized carbons (Fsp3) is 0.214. The Labute approximate surface area is 126 Å². The molecule has 0 radical (unpaired) electrons. The maximum absolute atomic E-state index is 5.95. The summed E-state index contributed by atoms with van der Waals surface area (Å²) in [6.07, 6.45) is 3.70. The first-order chi connectivity index (χ1) is 10.3. The van der Waals surface area contributed by atoms with E-state index in [4.69, 9.17) is 16.0 Å². The number of aryl methyl sites for hydroxylation is 1. The van der Waals surface area contributed by atoms with Crippen molar-refractivity contribution in [3.05, 3.63) is 47.5 Å². The zero-order valence-corrected chi connectivity index (χ0v) is 12.2. The van der Waals surface area contributed by atoms with E-state index in [2.05, 4.69) is 27.4 Å². The molecule has 2 aromatic heterocycles. The number of rotatable bonds is 5. The van der Waals surface area contributed by atoms with Crippen LogP contribution in [0.2, 0.25) is 5.02 Å². The molecule has 1 aromatic carbocycles. The van der Waals surface area contributed by atoms with E-state index in [-0.39, 0.29) is 0 Å². The van der Waals surface area contributed by atoms with Crippen molar-refractivity contribution >= 4 is 17.6 Å². The molecule has 108 valence electrons. The Morgan fingerprint density at radius 1 is 1.33 bits per heavy atom. The van der Waals surface area contributed by atoms with Crippen LogP contribution in [0, 0.1) is 0 Å². The third kappa shape index (κ3) is 3.05. The molecule has 0 aliphatic heterocycles. The fourth-order valence-corrected chi connectivity index (χ4v) is 2.17. The number of aromatic nitrogens is 4. The fourth-order valence-electron chi connectivity index (χ4n) is 1.98. The Bertz CT molecular complexity index is 736. The molecule has 3 aromatic rings. The predicted molar refractivity (Wildman–Crippen MR) is 80.0 cm³/mol. The van der Waals surface area contributed by atoms with Crippen molar-refractivity contribution in [1.82, 2.24) is 19.7 Å². The molecule has 0 spiro atoms. The molecule has 7 heteroatoms. The maximum atomic E-state index is 5.95. The summed E-state index contributed by atoms with van der Waals surface area (Å²) in [5.41, 5.74) is 0.790. The van der Waals surface area contributed by atoms with E-state index in [1.807, 2.05) is 22.9 Å². The molecule has 21 heavy (non-hydrogen) atoms. The van der Waals surface area contributed by atoms with E-state index >= 15 is 0 Å². The number of nitrogens with zero attached hydrogens (tertiary/aromatic N) is 4.